The van der Waals surface area contributed by atoms with E-state index in [1.807, 2.05) is 69.7 Å². The molecule has 0 bridgehead atoms. The van der Waals surface area contributed by atoms with Gasteiger partial charge in [0.2, 0.25) is 23.6 Å². The summed E-state index contributed by atoms with van der Waals surface area (Å²) in [7, 11) is 0. The van der Waals surface area contributed by atoms with Gasteiger partial charge in [0.25, 0.3) is 0 Å². The Morgan fingerprint density at radius 3 is 2.44 bits per heavy atom. The summed E-state index contributed by atoms with van der Waals surface area (Å²) in [6.07, 6.45) is 13.8. The van der Waals surface area contributed by atoms with Gasteiger partial charge in [-0.25, -0.2) is 19.3 Å². The number of aliphatic hydroxyl groups is 1. The number of carbonyl (C=O) groups is 4. The number of halogens is 2. The van der Waals surface area contributed by atoms with Gasteiger partial charge in [0.15, 0.2) is 0 Å². The Balaban J connectivity index is 0.740. The van der Waals surface area contributed by atoms with E-state index in [1.54, 1.807) is 34.2 Å². The molecule has 3 aromatic heterocycles. The van der Waals surface area contributed by atoms with Gasteiger partial charge in [0, 0.05) is 75.3 Å². The fraction of sp³-hybridized carbons (Fsp3) is 0.466. The van der Waals surface area contributed by atoms with E-state index in [2.05, 4.69) is 51.4 Å². The molecule has 5 heterocycles. The maximum atomic E-state index is 14.1. The van der Waals surface area contributed by atoms with Crippen LogP contribution in [0.4, 0.5) is 21.6 Å². The first-order valence-corrected chi connectivity index (χ1v) is 28.7. The Labute approximate surface area is 475 Å². The van der Waals surface area contributed by atoms with E-state index in [9.17, 15) is 28.7 Å². The monoisotopic (exact) mass is 1130 g/mol. The molecule has 2 fully saturated rings. The number of thiazole rings is 1. The van der Waals surface area contributed by atoms with E-state index in [4.69, 9.17) is 21.1 Å². The third kappa shape index (κ3) is 16.8. The lowest BCUT2D eigenvalue weighted by atomic mass is 9.85. The molecule has 0 radical (unpaired) electrons. The molecule has 19 nitrogen and oxygen atoms in total. The number of morpholine rings is 1. The number of fused-ring (bicyclic) bond motifs is 1. The number of aliphatic hydroxyl groups excluding tert-OH is 1. The number of nitrogens with zero attached hydrogens (tertiary/aromatic N) is 8. The molecule has 22 heteroatoms. The number of benzene rings is 3. The minimum Gasteiger partial charge on any atom is -0.485 e. The number of hydrogen-bond donors (Lipinski definition) is 5. The predicted octanol–water partition coefficient (Wildman–Crippen LogP) is 8.92. The van der Waals surface area contributed by atoms with Crippen molar-refractivity contribution in [2.75, 3.05) is 50.0 Å². The molecule has 0 spiro atoms. The van der Waals surface area contributed by atoms with Crippen LogP contribution in [-0.4, -0.2) is 126 Å². The van der Waals surface area contributed by atoms with Crippen molar-refractivity contribution in [1.29, 1.82) is 0 Å². The van der Waals surface area contributed by atoms with Crippen molar-refractivity contribution < 1.29 is 38.1 Å². The largest absolute Gasteiger partial charge is 0.485 e. The van der Waals surface area contributed by atoms with Crippen molar-refractivity contribution in [2.24, 2.45) is 5.41 Å². The molecule has 6 aromatic rings. The normalized spacial score (nSPS) is 16.3. The Morgan fingerprint density at radius 2 is 1.71 bits per heavy atom. The summed E-state index contributed by atoms with van der Waals surface area (Å²) < 4.78 is 27.4. The first-order valence-electron chi connectivity index (χ1n) is 27.4. The molecule has 80 heavy (non-hydrogen) atoms. The fourth-order valence-electron chi connectivity index (χ4n) is 9.68. The van der Waals surface area contributed by atoms with E-state index >= 15 is 0 Å². The predicted molar refractivity (Wildman–Crippen MR) is 307 cm³/mol. The van der Waals surface area contributed by atoms with E-state index in [-0.39, 0.29) is 61.2 Å². The number of carbonyl (C=O) groups excluding carboxylic acids is 4. The minimum absolute atomic E-state index is 0.0193. The van der Waals surface area contributed by atoms with Gasteiger partial charge in [-0.3, -0.25) is 28.8 Å². The summed E-state index contributed by atoms with van der Waals surface area (Å²) in [6, 6.07) is 13.9. The third-order valence-corrected chi connectivity index (χ3v) is 15.4. The van der Waals surface area contributed by atoms with Crippen LogP contribution < -0.4 is 26.0 Å². The number of hydrogen-bond acceptors (Lipinski definition) is 15. The average Bonchev–Trinajstić information content (AvgIpc) is 4.23. The Bertz CT molecular complexity index is 3090. The highest BCUT2D eigenvalue weighted by molar-refractivity contribution is 7.13. The summed E-state index contributed by atoms with van der Waals surface area (Å²) in [4.78, 5) is 72.0. The second-order valence-electron chi connectivity index (χ2n) is 21.4. The highest BCUT2D eigenvalue weighted by Gasteiger charge is 2.44. The van der Waals surface area contributed by atoms with Gasteiger partial charge in [-0.1, -0.05) is 106 Å². The fourth-order valence-corrected chi connectivity index (χ4v) is 10.7. The van der Waals surface area contributed by atoms with Crippen LogP contribution in [0.2, 0.25) is 5.02 Å². The number of aromatic nitrogens is 6. The van der Waals surface area contributed by atoms with E-state index in [0.717, 1.165) is 79.7 Å². The van der Waals surface area contributed by atoms with Crippen LogP contribution in [0.3, 0.4) is 0 Å². The van der Waals surface area contributed by atoms with Crippen molar-refractivity contribution in [3.8, 4) is 16.2 Å². The van der Waals surface area contributed by atoms with E-state index in [1.165, 1.54) is 29.4 Å². The molecule has 8 rings (SSSR count). The van der Waals surface area contributed by atoms with E-state index in [0.29, 0.717) is 72.3 Å². The van der Waals surface area contributed by atoms with Crippen molar-refractivity contribution in [3.05, 3.63) is 113 Å². The van der Waals surface area contributed by atoms with Crippen LogP contribution in [0.1, 0.15) is 102 Å². The molecule has 2 aliphatic rings. The van der Waals surface area contributed by atoms with Crippen molar-refractivity contribution in [2.45, 2.75) is 130 Å². The van der Waals surface area contributed by atoms with Gasteiger partial charge < -0.3 is 40.7 Å². The number of ether oxygens (including phenoxy) is 2. The zero-order valence-electron chi connectivity index (χ0n) is 45.9. The molecular weight excluding hydrogens is 1060 g/mol. The molecule has 3 atom stereocenters. The standard InChI is InChI=1S/C58H72ClFN12O7S/c1-38-53(80-37-64-38)40-18-16-39(17-19-40)32-61-56(76)49-29-43(73)34-72(49)57(77)54(58(2,3)4)67-52(75)14-11-9-7-5-6-8-10-12-23-71-33-42(68-69-71)35-79-50-31-47-44(55(63-36-62-47)65-41-20-21-46(60)45(59)28-41)30-48(50)66-51(74)15-13-22-70-24-26-78-27-25-70/h13,15-21,28,30-31,33,36-37,43,49,54,73H,5-12,14,22-27,29,32,34-35H2,1-4H3,(H,61,76)(H,66,74)(H,67,75)(H,62,63,65)/b15-13+/t43-,49+,54-/m1/s1. The Kier molecular flexibility index (Phi) is 21.1. The summed E-state index contributed by atoms with van der Waals surface area (Å²) in [6.45, 7) is 12.2. The molecular formula is C58H72ClFN12O7S. The van der Waals surface area contributed by atoms with Gasteiger partial charge in [-0.15, -0.1) is 16.4 Å². The second kappa shape index (κ2) is 28.5. The summed E-state index contributed by atoms with van der Waals surface area (Å²) in [5, 5.41) is 31.9. The van der Waals surface area contributed by atoms with Crippen LogP contribution in [0, 0.1) is 18.2 Å². The molecule has 0 aliphatic carbocycles. The highest BCUT2D eigenvalue weighted by atomic mass is 35.5. The van der Waals surface area contributed by atoms with Gasteiger partial charge in [0.05, 0.1) is 57.8 Å². The molecule has 0 unspecified atom stereocenters. The van der Waals surface area contributed by atoms with Crippen molar-refractivity contribution >= 4 is 74.7 Å². The summed E-state index contributed by atoms with van der Waals surface area (Å²) in [5.74, 6) is -1.02. The number of β-amino-alcohol motifs (C(OH)–C–C–N with tert-alkyl or cyclic N) is 1. The Hall–Kier alpha value is -6.91. The number of nitrogens with one attached hydrogen (secondary N) is 4. The number of aryl methyl sites for hydroxylation is 2. The van der Waals surface area contributed by atoms with Crippen LogP contribution in [0.25, 0.3) is 21.3 Å². The number of unbranched alkanes of at least 4 members (excludes halogenated alkanes) is 7. The quantitative estimate of drug-likeness (QED) is 0.0252. The minimum atomic E-state index is -0.869. The van der Waals surface area contributed by atoms with Crippen LogP contribution >= 0.6 is 22.9 Å². The maximum Gasteiger partial charge on any atom is 0.248 e. The van der Waals surface area contributed by atoms with Gasteiger partial charge in [-0.2, -0.15) is 0 Å². The summed E-state index contributed by atoms with van der Waals surface area (Å²) >= 11 is 7.63. The van der Waals surface area contributed by atoms with Crippen LogP contribution in [0.15, 0.2) is 84.8 Å². The summed E-state index contributed by atoms with van der Waals surface area (Å²) in [5.41, 5.74) is 6.17. The van der Waals surface area contributed by atoms with Crippen molar-refractivity contribution in [1.82, 2.24) is 50.4 Å². The Morgan fingerprint density at radius 1 is 0.963 bits per heavy atom. The van der Waals surface area contributed by atoms with Gasteiger partial charge in [-0.05, 0) is 60.6 Å². The lowest BCUT2D eigenvalue weighted by Gasteiger charge is -2.35. The van der Waals surface area contributed by atoms with Gasteiger partial charge in [0.1, 0.15) is 48.1 Å². The zero-order valence-corrected chi connectivity index (χ0v) is 47.5. The molecule has 3 aromatic carbocycles. The first kappa shape index (κ1) is 59.2. The highest BCUT2D eigenvalue weighted by Crippen LogP contribution is 2.35. The second-order valence-corrected chi connectivity index (χ2v) is 22.7. The lowest BCUT2D eigenvalue weighted by molar-refractivity contribution is -0.144. The molecule has 5 N–H and O–H groups in total. The number of amides is 4. The van der Waals surface area contributed by atoms with Gasteiger partial charge >= 0.3 is 0 Å². The van der Waals surface area contributed by atoms with E-state index < -0.39 is 29.4 Å². The number of likely N-dealkylation sites (tertiary alicyclic amines) is 1. The zero-order chi connectivity index (χ0) is 56.6. The number of anilines is 3. The molecule has 2 saturated heterocycles. The molecule has 4 amide bonds. The van der Waals surface area contributed by atoms with Crippen LogP contribution in [-0.2, 0) is 43.6 Å². The average molecular weight is 1140 g/mol. The molecule has 0 saturated carbocycles. The third-order valence-electron chi connectivity index (χ3n) is 14.1. The lowest BCUT2D eigenvalue weighted by Crippen LogP contribution is -2.57. The van der Waals surface area contributed by atoms with Crippen molar-refractivity contribution in [3.63, 3.8) is 0 Å². The molecule has 426 valence electrons. The maximum absolute atomic E-state index is 14.1. The number of rotatable bonds is 26. The first-order chi connectivity index (χ1) is 38.6. The van der Waals surface area contributed by atoms with Crippen LogP contribution in [0.5, 0.6) is 5.75 Å². The SMILES string of the molecule is Cc1ncsc1-c1ccc(CNC(=O)[C@@H]2C[C@@H](O)CN2C(=O)[C@@H](NC(=O)CCCCCCCCCCn2cc(COc3cc4ncnc(Nc5ccc(F)c(Cl)c5)c4cc3NC(=O)/C=C/CN3CCOCC3)nn2)C(C)(C)C)cc1. The topological polar surface area (TPSA) is 231 Å². The smallest absolute Gasteiger partial charge is 0.248 e. The molecule has 2 aliphatic heterocycles.